The SMILES string of the molecule is Cc1ccc(-n2c(C(C)N(C)C(=O)Nc3ccc(Cl)c(Cl)c3)nc3ccccc3c2=O)cc1. The van der Waals surface area contributed by atoms with Crippen LogP contribution in [0.15, 0.2) is 71.5 Å². The Kier molecular flexibility index (Phi) is 6.40. The molecule has 1 unspecified atom stereocenters. The molecule has 8 heteroatoms. The highest BCUT2D eigenvalue weighted by Gasteiger charge is 2.24. The van der Waals surface area contributed by atoms with Crippen molar-refractivity contribution < 1.29 is 4.79 Å². The van der Waals surface area contributed by atoms with Gasteiger partial charge in [0.15, 0.2) is 0 Å². The highest BCUT2D eigenvalue weighted by Crippen LogP contribution is 2.26. The van der Waals surface area contributed by atoms with Crippen molar-refractivity contribution in [1.29, 1.82) is 0 Å². The molecular formula is C25H22Cl2N4O2. The number of carbonyl (C=O) groups is 1. The predicted octanol–water partition coefficient (Wildman–Crippen LogP) is 6.23. The second-order valence-corrected chi connectivity index (χ2v) is 8.62. The van der Waals surface area contributed by atoms with Crippen molar-refractivity contribution in [2.24, 2.45) is 0 Å². The van der Waals surface area contributed by atoms with Gasteiger partial charge in [-0.2, -0.15) is 0 Å². The molecule has 0 saturated carbocycles. The van der Waals surface area contributed by atoms with Crippen molar-refractivity contribution in [3.63, 3.8) is 0 Å². The van der Waals surface area contributed by atoms with E-state index < -0.39 is 6.04 Å². The van der Waals surface area contributed by atoms with Crippen molar-refractivity contribution in [2.45, 2.75) is 19.9 Å². The zero-order valence-electron chi connectivity index (χ0n) is 18.3. The summed E-state index contributed by atoms with van der Waals surface area (Å²) in [7, 11) is 1.65. The topological polar surface area (TPSA) is 67.2 Å². The van der Waals surface area contributed by atoms with Crippen LogP contribution < -0.4 is 10.9 Å². The van der Waals surface area contributed by atoms with E-state index in [2.05, 4.69) is 5.32 Å². The van der Waals surface area contributed by atoms with E-state index in [1.54, 1.807) is 41.9 Å². The second-order valence-electron chi connectivity index (χ2n) is 7.81. The second kappa shape index (κ2) is 9.25. The molecule has 2 amide bonds. The standard InChI is InChI=1S/C25H22Cl2N4O2/c1-15-8-11-18(12-9-15)31-23(29-22-7-5-4-6-19(22)24(31)32)16(2)30(3)25(33)28-17-10-13-20(26)21(27)14-17/h4-14,16H,1-3H3,(H,28,33). The number of benzene rings is 3. The summed E-state index contributed by atoms with van der Waals surface area (Å²) in [5.41, 5.74) is 2.66. The Morgan fingerprint density at radius 2 is 1.73 bits per heavy atom. The minimum Gasteiger partial charge on any atom is -0.318 e. The van der Waals surface area contributed by atoms with Crippen LogP contribution in [0.25, 0.3) is 16.6 Å². The number of nitrogens with zero attached hydrogens (tertiary/aromatic N) is 3. The molecule has 4 aromatic rings. The summed E-state index contributed by atoms with van der Waals surface area (Å²) in [4.78, 5) is 32.7. The first-order valence-electron chi connectivity index (χ1n) is 10.3. The maximum atomic E-state index is 13.5. The lowest BCUT2D eigenvalue weighted by Crippen LogP contribution is -2.37. The molecular weight excluding hydrogens is 459 g/mol. The van der Waals surface area contributed by atoms with Gasteiger partial charge >= 0.3 is 6.03 Å². The Balaban J connectivity index is 1.76. The third-order valence-electron chi connectivity index (χ3n) is 5.54. The Hall–Kier alpha value is -3.35. The van der Waals surface area contributed by atoms with E-state index in [1.165, 1.54) is 4.90 Å². The number of carbonyl (C=O) groups excluding carboxylic acids is 1. The molecule has 4 rings (SSSR count). The van der Waals surface area contributed by atoms with Gasteiger partial charge in [0, 0.05) is 12.7 Å². The Morgan fingerprint density at radius 3 is 2.42 bits per heavy atom. The molecule has 6 nitrogen and oxygen atoms in total. The van der Waals surface area contributed by atoms with Crippen molar-refractivity contribution in [2.75, 3.05) is 12.4 Å². The summed E-state index contributed by atoms with van der Waals surface area (Å²) in [6, 6.07) is 18.8. The van der Waals surface area contributed by atoms with Gasteiger partial charge in [-0.1, -0.05) is 53.0 Å². The smallest absolute Gasteiger partial charge is 0.318 e. The van der Waals surface area contributed by atoms with Gasteiger partial charge in [-0.3, -0.25) is 9.36 Å². The molecule has 1 N–H and O–H groups in total. The van der Waals surface area contributed by atoms with Crippen molar-refractivity contribution in [3.05, 3.63) is 98.5 Å². The number of aryl methyl sites for hydroxylation is 1. The lowest BCUT2D eigenvalue weighted by Gasteiger charge is -2.27. The third-order valence-corrected chi connectivity index (χ3v) is 6.28. The van der Waals surface area contributed by atoms with Gasteiger partial charge in [-0.25, -0.2) is 9.78 Å². The van der Waals surface area contributed by atoms with E-state index in [4.69, 9.17) is 28.2 Å². The van der Waals surface area contributed by atoms with E-state index in [1.807, 2.05) is 50.2 Å². The molecule has 33 heavy (non-hydrogen) atoms. The van der Waals surface area contributed by atoms with Crippen LogP contribution >= 0.6 is 23.2 Å². The average molecular weight is 481 g/mol. The molecule has 0 aliphatic carbocycles. The molecule has 0 aliphatic heterocycles. The summed E-state index contributed by atoms with van der Waals surface area (Å²) in [6.45, 7) is 3.81. The van der Waals surface area contributed by atoms with Crippen LogP contribution in [0.3, 0.4) is 0 Å². The number of rotatable bonds is 4. The predicted molar refractivity (Wildman–Crippen MR) is 134 cm³/mol. The fourth-order valence-electron chi connectivity index (χ4n) is 3.51. The van der Waals surface area contributed by atoms with Crippen LogP contribution in [0.5, 0.6) is 0 Å². The van der Waals surface area contributed by atoms with E-state index in [0.29, 0.717) is 38.1 Å². The summed E-state index contributed by atoms with van der Waals surface area (Å²) in [5.74, 6) is 0.453. The molecule has 3 aromatic carbocycles. The number of halogens is 2. The molecule has 0 aliphatic rings. The number of nitrogens with one attached hydrogen (secondary N) is 1. The Labute approximate surface area is 201 Å². The van der Waals surface area contributed by atoms with Gasteiger partial charge in [0.25, 0.3) is 5.56 Å². The number of urea groups is 1. The van der Waals surface area contributed by atoms with E-state index in [0.717, 1.165) is 5.56 Å². The van der Waals surface area contributed by atoms with Crippen LogP contribution in [-0.4, -0.2) is 27.5 Å². The van der Waals surface area contributed by atoms with Crippen molar-refractivity contribution >= 4 is 45.8 Å². The first kappa shape index (κ1) is 22.8. The quantitative estimate of drug-likeness (QED) is 0.376. The highest BCUT2D eigenvalue weighted by molar-refractivity contribution is 6.42. The molecule has 1 heterocycles. The molecule has 168 valence electrons. The number of aromatic nitrogens is 2. The molecule has 0 fully saturated rings. The van der Waals surface area contributed by atoms with Gasteiger partial charge in [-0.15, -0.1) is 0 Å². The lowest BCUT2D eigenvalue weighted by molar-refractivity contribution is 0.205. The summed E-state index contributed by atoms with van der Waals surface area (Å²) >= 11 is 12.0. The van der Waals surface area contributed by atoms with Crippen LogP contribution in [0.1, 0.15) is 24.4 Å². The fraction of sp³-hybridized carbons (Fsp3) is 0.160. The van der Waals surface area contributed by atoms with Gasteiger partial charge in [0.1, 0.15) is 5.82 Å². The number of hydrogen-bond donors (Lipinski definition) is 1. The first-order chi connectivity index (χ1) is 15.8. The zero-order valence-corrected chi connectivity index (χ0v) is 19.9. The number of hydrogen-bond acceptors (Lipinski definition) is 3. The summed E-state index contributed by atoms with van der Waals surface area (Å²) in [6.07, 6.45) is 0. The van der Waals surface area contributed by atoms with E-state index >= 15 is 0 Å². The molecule has 1 atom stereocenters. The lowest BCUT2D eigenvalue weighted by atomic mass is 10.1. The van der Waals surface area contributed by atoms with Gasteiger partial charge in [0.2, 0.25) is 0 Å². The molecule has 0 radical (unpaired) electrons. The monoisotopic (exact) mass is 480 g/mol. The molecule has 0 bridgehead atoms. The number of fused-ring (bicyclic) bond motifs is 1. The third kappa shape index (κ3) is 4.58. The van der Waals surface area contributed by atoms with Gasteiger partial charge in [-0.05, 0) is 56.3 Å². The first-order valence-corrected chi connectivity index (χ1v) is 11.1. The van der Waals surface area contributed by atoms with Crippen LogP contribution in [0, 0.1) is 6.92 Å². The normalized spacial score (nSPS) is 11.9. The Bertz CT molecular complexity index is 1400. The average Bonchev–Trinajstić information content (AvgIpc) is 2.81. The summed E-state index contributed by atoms with van der Waals surface area (Å²) in [5, 5.41) is 4.06. The number of amides is 2. The number of anilines is 1. The number of para-hydroxylation sites is 1. The minimum absolute atomic E-state index is 0.190. The van der Waals surface area contributed by atoms with Crippen molar-refractivity contribution in [1.82, 2.24) is 14.5 Å². The minimum atomic E-state index is -0.522. The molecule has 1 aromatic heterocycles. The van der Waals surface area contributed by atoms with Crippen LogP contribution in [0.2, 0.25) is 10.0 Å². The maximum absolute atomic E-state index is 13.5. The van der Waals surface area contributed by atoms with Crippen LogP contribution in [0.4, 0.5) is 10.5 Å². The highest BCUT2D eigenvalue weighted by atomic mass is 35.5. The van der Waals surface area contributed by atoms with E-state index in [-0.39, 0.29) is 11.6 Å². The van der Waals surface area contributed by atoms with Gasteiger partial charge in [0.05, 0.1) is 32.7 Å². The molecule has 0 spiro atoms. The molecule has 0 saturated heterocycles. The zero-order chi connectivity index (χ0) is 23.7. The Morgan fingerprint density at radius 1 is 1.03 bits per heavy atom. The van der Waals surface area contributed by atoms with Crippen LogP contribution in [-0.2, 0) is 0 Å². The maximum Gasteiger partial charge on any atom is 0.322 e. The summed E-state index contributed by atoms with van der Waals surface area (Å²) < 4.78 is 1.56. The van der Waals surface area contributed by atoms with Crippen molar-refractivity contribution in [3.8, 4) is 5.69 Å². The fourth-order valence-corrected chi connectivity index (χ4v) is 3.81. The largest absolute Gasteiger partial charge is 0.322 e. The van der Waals surface area contributed by atoms with E-state index in [9.17, 15) is 9.59 Å². The van der Waals surface area contributed by atoms with Gasteiger partial charge < -0.3 is 10.2 Å².